The van der Waals surface area contributed by atoms with Crippen LogP contribution in [0.3, 0.4) is 0 Å². The van der Waals surface area contributed by atoms with Crippen molar-refractivity contribution in [2.45, 2.75) is 46.1 Å². The van der Waals surface area contributed by atoms with Gasteiger partial charge in [-0.25, -0.2) is 0 Å². The predicted molar refractivity (Wildman–Crippen MR) is 53.3 cm³/mol. The van der Waals surface area contributed by atoms with Gasteiger partial charge in [-0.05, 0) is 19.9 Å². The van der Waals surface area contributed by atoms with Crippen molar-refractivity contribution >= 4 is 9.28 Å². The van der Waals surface area contributed by atoms with Crippen molar-refractivity contribution in [3.8, 4) is 0 Å². The fourth-order valence-electron chi connectivity index (χ4n) is 1.03. The second-order valence-electron chi connectivity index (χ2n) is 2.70. The fraction of sp³-hybridized carbons (Fsp3) is 1.00. The molecule has 0 saturated heterocycles. The highest BCUT2D eigenvalue weighted by atomic mass is 28.3. The predicted octanol–water partition coefficient (Wildman–Crippen LogP) is 2.74. The van der Waals surface area contributed by atoms with E-state index >= 15 is 0 Å². The zero-order valence-electron chi connectivity index (χ0n) is 8.56. The van der Waals surface area contributed by atoms with Gasteiger partial charge < -0.3 is 8.85 Å². The summed E-state index contributed by atoms with van der Waals surface area (Å²) in [5.41, 5.74) is 0. The molecule has 0 aromatic carbocycles. The fourth-order valence-corrected chi connectivity index (χ4v) is 2.58. The Morgan fingerprint density at radius 3 is 1.92 bits per heavy atom. The smallest absolute Gasteiger partial charge is 0.384 e. The third kappa shape index (κ3) is 6.82. The van der Waals surface area contributed by atoms with Gasteiger partial charge in [-0.1, -0.05) is 26.2 Å². The highest BCUT2D eigenvalue weighted by molar-refractivity contribution is 6.44. The lowest BCUT2D eigenvalue weighted by Gasteiger charge is -2.12. The van der Waals surface area contributed by atoms with Gasteiger partial charge in [0.2, 0.25) is 0 Å². The van der Waals surface area contributed by atoms with Crippen LogP contribution in [0.5, 0.6) is 0 Å². The zero-order valence-corrected chi connectivity index (χ0v) is 9.56. The highest BCUT2D eigenvalue weighted by Gasteiger charge is 2.12. The Kier molecular flexibility index (Phi) is 9.33. The summed E-state index contributed by atoms with van der Waals surface area (Å²) in [5, 5.41) is 0. The first-order valence-corrected chi connectivity index (χ1v) is 6.48. The Labute approximate surface area is 78.1 Å². The average Bonchev–Trinajstić information content (AvgIpc) is 2.06. The standard InChI is InChI=1S/C9H21O2Si/c1-4-7-8-9-12(10-5-2)11-6-3/h4-9H2,1-3H3. The van der Waals surface area contributed by atoms with Crippen molar-refractivity contribution in [1.29, 1.82) is 0 Å². The molecule has 0 heterocycles. The number of hydrogen-bond donors (Lipinski definition) is 0. The van der Waals surface area contributed by atoms with Gasteiger partial charge >= 0.3 is 9.28 Å². The second-order valence-corrected chi connectivity index (χ2v) is 4.52. The molecular weight excluding hydrogens is 168 g/mol. The Bertz CT molecular complexity index is 82.6. The zero-order chi connectivity index (χ0) is 9.23. The maximum Gasteiger partial charge on any atom is 0.384 e. The largest absolute Gasteiger partial charge is 0.394 e. The van der Waals surface area contributed by atoms with E-state index in [1.807, 2.05) is 13.8 Å². The lowest BCUT2D eigenvalue weighted by atomic mass is 10.3. The van der Waals surface area contributed by atoms with E-state index in [1.165, 1.54) is 19.3 Å². The van der Waals surface area contributed by atoms with Gasteiger partial charge in [0.15, 0.2) is 0 Å². The molecule has 0 N–H and O–H groups in total. The minimum Gasteiger partial charge on any atom is -0.394 e. The van der Waals surface area contributed by atoms with Crippen molar-refractivity contribution in [2.24, 2.45) is 0 Å². The first-order chi connectivity index (χ1) is 5.85. The summed E-state index contributed by atoms with van der Waals surface area (Å²) in [4.78, 5) is 0. The molecule has 0 aromatic rings. The van der Waals surface area contributed by atoms with Crippen LogP contribution in [0.15, 0.2) is 0 Å². The highest BCUT2D eigenvalue weighted by Crippen LogP contribution is 2.05. The maximum absolute atomic E-state index is 5.51. The first kappa shape index (κ1) is 12.1. The topological polar surface area (TPSA) is 18.5 Å². The Morgan fingerprint density at radius 2 is 1.50 bits per heavy atom. The lowest BCUT2D eigenvalue weighted by molar-refractivity contribution is 0.212. The Balaban J connectivity index is 3.34. The molecule has 0 bridgehead atoms. The van der Waals surface area contributed by atoms with Crippen LogP contribution < -0.4 is 0 Å². The first-order valence-electron chi connectivity index (χ1n) is 4.96. The van der Waals surface area contributed by atoms with Crippen LogP contribution in [0.4, 0.5) is 0 Å². The van der Waals surface area contributed by atoms with Crippen LogP contribution >= 0.6 is 0 Å². The van der Waals surface area contributed by atoms with Crippen LogP contribution in [-0.4, -0.2) is 22.5 Å². The van der Waals surface area contributed by atoms with Crippen molar-refractivity contribution in [2.75, 3.05) is 13.2 Å². The number of rotatable bonds is 8. The van der Waals surface area contributed by atoms with Crippen LogP contribution in [0.1, 0.15) is 40.0 Å². The van der Waals surface area contributed by atoms with Gasteiger partial charge in [-0.2, -0.15) is 0 Å². The van der Waals surface area contributed by atoms with Crippen LogP contribution in [-0.2, 0) is 8.85 Å². The Morgan fingerprint density at radius 1 is 0.917 bits per heavy atom. The summed E-state index contributed by atoms with van der Waals surface area (Å²) in [5.74, 6) is 0. The van der Waals surface area contributed by atoms with Gasteiger partial charge in [0.05, 0.1) is 0 Å². The summed E-state index contributed by atoms with van der Waals surface area (Å²) < 4.78 is 11.0. The molecule has 0 atom stereocenters. The van der Waals surface area contributed by atoms with E-state index in [2.05, 4.69) is 6.92 Å². The molecule has 0 saturated carbocycles. The van der Waals surface area contributed by atoms with Crippen molar-refractivity contribution in [3.05, 3.63) is 0 Å². The molecule has 73 valence electrons. The molecule has 2 nitrogen and oxygen atoms in total. The number of unbranched alkanes of at least 4 members (excludes halogenated alkanes) is 2. The van der Waals surface area contributed by atoms with Crippen molar-refractivity contribution in [1.82, 2.24) is 0 Å². The summed E-state index contributed by atoms with van der Waals surface area (Å²) >= 11 is 0. The van der Waals surface area contributed by atoms with Gasteiger partial charge in [0.1, 0.15) is 0 Å². The molecule has 0 rings (SSSR count). The second kappa shape index (κ2) is 9.23. The average molecular weight is 189 g/mol. The summed E-state index contributed by atoms with van der Waals surface area (Å²) in [6.45, 7) is 7.86. The summed E-state index contributed by atoms with van der Waals surface area (Å²) in [6.07, 6.45) is 3.83. The maximum atomic E-state index is 5.51. The normalized spacial score (nSPS) is 11.0. The van der Waals surface area contributed by atoms with Crippen LogP contribution in [0, 0.1) is 0 Å². The van der Waals surface area contributed by atoms with E-state index in [-0.39, 0.29) is 0 Å². The lowest BCUT2D eigenvalue weighted by Crippen LogP contribution is -2.22. The van der Waals surface area contributed by atoms with E-state index in [0.29, 0.717) is 0 Å². The molecule has 0 spiro atoms. The van der Waals surface area contributed by atoms with E-state index in [4.69, 9.17) is 8.85 Å². The Hall–Kier alpha value is 0.137. The molecule has 0 aliphatic heterocycles. The molecule has 12 heavy (non-hydrogen) atoms. The van der Waals surface area contributed by atoms with Gasteiger partial charge in [-0.3, -0.25) is 0 Å². The monoisotopic (exact) mass is 189 g/mol. The van der Waals surface area contributed by atoms with Crippen molar-refractivity contribution < 1.29 is 8.85 Å². The SMILES string of the molecule is CCCCC[Si](OCC)OCC. The van der Waals surface area contributed by atoms with Crippen molar-refractivity contribution in [3.63, 3.8) is 0 Å². The molecule has 0 aliphatic rings. The molecule has 0 fully saturated rings. The minimum atomic E-state index is -0.919. The quantitative estimate of drug-likeness (QED) is 0.432. The van der Waals surface area contributed by atoms with Gasteiger partial charge in [-0.15, -0.1) is 0 Å². The summed E-state index contributed by atoms with van der Waals surface area (Å²) in [7, 11) is -0.919. The van der Waals surface area contributed by atoms with E-state index in [9.17, 15) is 0 Å². The third-order valence-corrected chi connectivity index (χ3v) is 3.58. The molecule has 0 unspecified atom stereocenters. The molecule has 0 amide bonds. The number of hydrogen-bond acceptors (Lipinski definition) is 2. The molecular formula is C9H21O2Si. The third-order valence-electron chi connectivity index (χ3n) is 1.60. The van der Waals surface area contributed by atoms with Crippen LogP contribution in [0.25, 0.3) is 0 Å². The minimum absolute atomic E-state index is 0.792. The van der Waals surface area contributed by atoms with E-state index in [0.717, 1.165) is 19.3 Å². The van der Waals surface area contributed by atoms with E-state index < -0.39 is 9.28 Å². The van der Waals surface area contributed by atoms with Gasteiger partial charge in [0, 0.05) is 13.2 Å². The van der Waals surface area contributed by atoms with Gasteiger partial charge in [0.25, 0.3) is 0 Å². The van der Waals surface area contributed by atoms with Crippen LogP contribution in [0.2, 0.25) is 6.04 Å². The molecule has 1 radical (unpaired) electrons. The molecule has 0 aliphatic carbocycles. The van der Waals surface area contributed by atoms with E-state index in [1.54, 1.807) is 0 Å². The molecule has 3 heteroatoms. The summed E-state index contributed by atoms with van der Waals surface area (Å²) in [6, 6.07) is 1.14. The molecule has 0 aromatic heterocycles.